The molecule has 0 aromatic heterocycles. The minimum absolute atomic E-state index is 0.113. The predicted molar refractivity (Wildman–Crippen MR) is 84.5 cm³/mol. The number of halogens is 2. The van der Waals surface area contributed by atoms with E-state index in [9.17, 15) is 4.39 Å². The van der Waals surface area contributed by atoms with Crippen molar-refractivity contribution < 1.29 is 4.39 Å². The number of rotatable bonds is 3. The lowest BCUT2D eigenvalue weighted by Crippen LogP contribution is -2.30. The van der Waals surface area contributed by atoms with Crippen molar-refractivity contribution in [3.63, 3.8) is 0 Å². The van der Waals surface area contributed by atoms with Crippen molar-refractivity contribution in [2.75, 3.05) is 5.32 Å². The lowest BCUT2D eigenvalue weighted by atomic mass is 10.1. The van der Waals surface area contributed by atoms with Gasteiger partial charge in [-0.15, -0.1) is 0 Å². The molecule has 0 heterocycles. The quantitative estimate of drug-likeness (QED) is 0.826. The molecule has 0 spiro atoms. The molecule has 1 atom stereocenters. The van der Waals surface area contributed by atoms with E-state index in [0.717, 1.165) is 11.3 Å². The van der Waals surface area contributed by atoms with Crippen molar-refractivity contribution in [2.45, 2.75) is 13.0 Å². The molecule has 0 saturated heterocycles. The average molecular weight is 308 g/mol. The molecule has 1 unspecified atom stereocenters. The van der Waals surface area contributed by atoms with E-state index in [1.807, 2.05) is 19.1 Å². The van der Waals surface area contributed by atoms with E-state index in [1.165, 1.54) is 12.1 Å². The molecule has 103 valence electrons. The molecule has 2 aromatic rings. The standard InChI is InChI=1S/C15H13ClFN2S/c1-10(11-7-8-13(16)14(17)9-11)18-15(20)19-12-5-3-2-4-6-12/h3-10H,1H3,(H2,18,19,20). The normalized spacial score (nSPS) is 11.8. The Morgan fingerprint density at radius 2 is 2.00 bits per heavy atom. The van der Waals surface area contributed by atoms with Crippen LogP contribution in [0.2, 0.25) is 5.02 Å². The van der Waals surface area contributed by atoms with Gasteiger partial charge in [0, 0.05) is 5.69 Å². The van der Waals surface area contributed by atoms with Gasteiger partial charge in [0.2, 0.25) is 0 Å². The minimum atomic E-state index is -0.435. The summed E-state index contributed by atoms with van der Waals surface area (Å²) in [6, 6.07) is 14.8. The van der Waals surface area contributed by atoms with Crippen LogP contribution >= 0.6 is 23.8 Å². The Bertz CT molecular complexity index is 604. The molecule has 1 radical (unpaired) electrons. The Kier molecular flexibility index (Phi) is 4.93. The third-order valence-electron chi connectivity index (χ3n) is 2.77. The van der Waals surface area contributed by atoms with Crippen LogP contribution in [0.5, 0.6) is 0 Å². The summed E-state index contributed by atoms with van der Waals surface area (Å²) in [6.45, 7) is 1.90. The van der Waals surface area contributed by atoms with Crippen LogP contribution in [-0.2, 0) is 0 Å². The number of thiocarbonyl (C=S) groups is 1. The molecule has 20 heavy (non-hydrogen) atoms. The van der Waals surface area contributed by atoms with Gasteiger partial charge in [0.05, 0.1) is 11.1 Å². The van der Waals surface area contributed by atoms with Gasteiger partial charge in [-0.1, -0.05) is 29.8 Å². The zero-order valence-corrected chi connectivity index (χ0v) is 12.4. The Morgan fingerprint density at radius 3 is 2.65 bits per heavy atom. The van der Waals surface area contributed by atoms with E-state index in [0.29, 0.717) is 5.11 Å². The van der Waals surface area contributed by atoms with Gasteiger partial charge in [0.25, 0.3) is 0 Å². The largest absolute Gasteiger partial charge is 0.356 e. The molecule has 5 heteroatoms. The number of hydrogen-bond acceptors (Lipinski definition) is 1. The van der Waals surface area contributed by atoms with E-state index in [1.54, 1.807) is 18.2 Å². The maximum atomic E-state index is 13.4. The van der Waals surface area contributed by atoms with Crippen LogP contribution in [0, 0.1) is 11.9 Å². The number of benzene rings is 2. The fraction of sp³-hybridized carbons (Fsp3) is 0.133. The molecule has 0 fully saturated rings. The number of hydrogen-bond donors (Lipinski definition) is 2. The average Bonchev–Trinajstić information content (AvgIpc) is 2.42. The fourth-order valence-electron chi connectivity index (χ4n) is 1.70. The summed E-state index contributed by atoms with van der Waals surface area (Å²) in [6.07, 6.45) is 0. The Labute approximate surface area is 128 Å². The molecule has 2 rings (SSSR count). The van der Waals surface area contributed by atoms with E-state index in [-0.39, 0.29) is 11.1 Å². The summed E-state index contributed by atoms with van der Waals surface area (Å²) in [5, 5.41) is 6.73. The first-order valence-electron chi connectivity index (χ1n) is 6.05. The van der Waals surface area contributed by atoms with Crippen LogP contribution in [0.3, 0.4) is 0 Å². The maximum Gasteiger partial charge on any atom is 0.171 e. The van der Waals surface area contributed by atoms with Crippen LogP contribution in [-0.4, -0.2) is 5.11 Å². The molecule has 0 amide bonds. The summed E-state index contributed by atoms with van der Waals surface area (Å²) in [4.78, 5) is 0. The molecule has 0 bridgehead atoms. The Hall–Kier alpha value is -1.65. The lowest BCUT2D eigenvalue weighted by molar-refractivity contribution is 0.619. The molecule has 2 N–H and O–H groups in total. The smallest absolute Gasteiger partial charge is 0.171 e. The van der Waals surface area contributed by atoms with Crippen LogP contribution in [0.25, 0.3) is 0 Å². The van der Waals surface area contributed by atoms with Crippen molar-refractivity contribution in [3.05, 3.63) is 64.9 Å². The highest BCUT2D eigenvalue weighted by Gasteiger charge is 2.09. The zero-order valence-electron chi connectivity index (χ0n) is 10.8. The second kappa shape index (κ2) is 6.68. The SMILES string of the molecule is CC(NC(=S)Nc1cc[c]cc1)c1ccc(Cl)c(F)c1. The van der Waals surface area contributed by atoms with Crippen molar-refractivity contribution in [3.8, 4) is 0 Å². The molecule has 2 aromatic carbocycles. The van der Waals surface area contributed by atoms with Crippen LogP contribution in [0.4, 0.5) is 10.1 Å². The molecular weight excluding hydrogens is 295 g/mol. The Balaban J connectivity index is 1.98. The molecule has 2 nitrogen and oxygen atoms in total. The van der Waals surface area contributed by atoms with Gasteiger partial charge in [-0.3, -0.25) is 0 Å². The van der Waals surface area contributed by atoms with Crippen molar-refractivity contribution >= 4 is 34.6 Å². The van der Waals surface area contributed by atoms with Crippen molar-refractivity contribution in [1.82, 2.24) is 5.32 Å². The predicted octanol–water partition coefficient (Wildman–Crippen LogP) is 4.33. The van der Waals surface area contributed by atoms with E-state index in [4.69, 9.17) is 23.8 Å². The molecule has 0 aliphatic carbocycles. The number of anilines is 1. The first-order chi connectivity index (χ1) is 9.56. The van der Waals surface area contributed by atoms with E-state index in [2.05, 4.69) is 16.7 Å². The number of nitrogens with one attached hydrogen (secondary N) is 2. The summed E-state index contributed by atoms with van der Waals surface area (Å²) in [5.41, 5.74) is 1.65. The van der Waals surface area contributed by atoms with Crippen LogP contribution < -0.4 is 10.6 Å². The van der Waals surface area contributed by atoms with Gasteiger partial charge in [-0.05, 0) is 55.0 Å². The first-order valence-corrected chi connectivity index (χ1v) is 6.83. The molecule has 0 aliphatic heterocycles. The summed E-state index contributed by atoms with van der Waals surface area (Å²) >= 11 is 10.9. The molecular formula is C15H13ClFN2S. The van der Waals surface area contributed by atoms with Crippen molar-refractivity contribution in [2.24, 2.45) is 0 Å². The highest BCUT2D eigenvalue weighted by Crippen LogP contribution is 2.20. The maximum absolute atomic E-state index is 13.4. The lowest BCUT2D eigenvalue weighted by Gasteiger charge is -2.17. The third-order valence-corrected chi connectivity index (χ3v) is 3.29. The fourth-order valence-corrected chi connectivity index (χ4v) is 2.11. The summed E-state index contributed by atoms with van der Waals surface area (Å²) in [5.74, 6) is -0.435. The first kappa shape index (κ1) is 14.8. The summed E-state index contributed by atoms with van der Waals surface area (Å²) in [7, 11) is 0. The van der Waals surface area contributed by atoms with Gasteiger partial charge in [-0.2, -0.15) is 0 Å². The topological polar surface area (TPSA) is 24.1 Å². The van der Waals surface area contributed by atoms with Gasteiger partial charge in [-0.25, -0.2) is 4.39 Å². The van der Waals surface area contributed by atoms with Gasteiger partial charge >= 0.3 is 0 Å². The second-order valence-electron chi connectivity index (χ2n) is 4.28. The highest BCUT2D eigenvalue weighted by atomic mass is 35.5. The second-order valence-corrected chi connectivity index (χ2v) is 5.10. The van der Waals surface area contributed by atoms with Crippen LogP contribution in [0.1, 0.15) is 18.5 Å². The van der Waals surface area contributed by atoms with Gasteiger partial charge in [0.1, 0.15) is 5.82 Å². The van der Waals surface area contributed by atoms with Gasteiger partial charge < -0.3 is 10.6 Å². The van der Waals surface area contributed by atoms with Gasteiger partial charge in [0.15, 0.2) is 5.11 Å². The summed E-state index contributed by atoms with van der Waals surface area (Å²) < 4.78 is 13.4. The Morgan fingerprint density at radius 1 is 1.30 bits per heavy atom. The zero-order chi connectivity index (χ0) is 14.5. The van der Waals surface area contributed by atoms with E-state index >= 15 is 0 Å². The van der Waals surface area contributed by atoms with Crippen molar-refractivity contribution in [1.29, 1.82) is 0 Å². The molecule has 0 saturated carbocycles. The minimum Gasteiger partial charge on any atom is -0.356 e. The molecule has 0 aliphatic rings. The van der Waals surface area contributed by atoms with Crippen LogP contribution in [0.15, 0.2) is 42.5 Å². The monoisotopic (exact) mass is 307 g/mol. The highest BCUT2D eigenvalue weighted by molar-refractivity contribution is 7.80. The third kappa shape index (κ3) is 3.92. The van der Waals surface area contributed by atoms with E-state index < -0.39 is 5.82 Å².